The first kappa shape index (κ1) is 26.5. The number of rotatable bonds is 5. The summed E-state index contributed by atoms with van der Waals surface area (Å²) in [4.78, 5) is 13.0. The summed E-state index contributed by atoms with van der Waals surface area (Å²) in [6, 6.07) is 31.1. The Kier molecular flexibility index (Phi) is 8.15. The van der Waals surface area contributed by atoms with Gasteiger partial charge in [0.1, 0.15) is 0 Å². The number of furan rings is 1. The Balaban J connectivity index is 0.000000304. The number of aromatic nitrogens is 3. The molecule has 0 spiro atoms. The molecule has 1 radical (unpaired) electrons. The molecule has 0 fully saturated rings. The number of benzene rings is 3. The first-order valence-corrected chi connectivity index (χ1v) is 15.5. The third-order valence-electron chi connectivity index (χ3n) is 8.03. The van der Waals surface area contributed by atoms with Crippen LogP contribution in [0.4, 0.5) is 0 Å². The molecule has 0 atom stereocenters. The predicted molar refractivity (Wildman–Crippen MR) is 194 cm³/mol. The van der Waals surface area contributed by atoms with Gasteiger partial charge in [0, 0.05) is 53.2 Å². The third kappa shape index (κ3) is 7.98. The van der Waals surface area contributed by atoms with Gasteiger partial charge in [-0.2, -0.15) is 0 Å². The van der Waals surface area contributed by atoms with E-state index in [0.29, 0.717) is 27.6 Å². The van der Waals surface area contributed by atoms with Crippen LogP contribution in [-0.4, -0.2) is 15.0 Å². The smallest absolute Gasteiger partial charge is 0.216 e. The summed E-state index contributed by atoms with van der Waals surface area (Å²) in [5.41, 5.74) is 8.31. The number of hydrogen-bond donors (Lipinski definition) is 0. The molecule has 0 saturated carbocycles. The largest absolute Gasteiger partial charge is 0.486 e. The average molecular weight is 815 g/mol. The molecule has 48 heavy (non-hydrogen) atoms. The fourth-order valence-corrected chi connectivity index (χ4v) is 5.09. The molecule has 245 valence electrons. The van der Waals surface area contributed by atoms with Crippen molar-refractivity contribution in [1.29, 1.82) is 0 Å². The van der Waals surface area contributed by atoms with Crippen LogP contribution < -0.4 is 0 Å². The standard InChI is InChI=1S/C29H27N2O.C14H14N.Ir/c1-19-8-15-24-23-6-5-7-25(27(23)32-28(24)31-19)26-18-21(16-17-30-26)10-9-20-11-13-22(14-12-20)29(2,3)4;1-10-4-6-13(7-5-10)14-8-11(2)12(3)9-15-14;/h5-6,8,11-18H,9-10H2,1-4H3;4-6,8-9H,1-3H3;/q2*-1;/i1D3,9D2,10D2;;. The Morgan fingerprint density at radius 3 is 2.29 bits per heavy atom. The van der Waals surface area contributed by atoms with Crippen LogP contribution >= 0.6 is 0 Å². The summed E-state index contributed by atoms with van der Waals surface area (Å²) < 4.78 is 64.1. The third-order valence-corrected chi connectivity index (χ3v) is 8.03. The van der Waals surface area contributed by atoms with Gasteiger partial charge in [-0.3, -0.25) is 0 Å². The average Bonchev–Trinajstić information content (AvgIpc) is 3.51. The Morgan fingerprint density at radius 2 is 1.58 bits per heavy atom. The van der Waals surface area contributed by atoms with Crippen molar-refractivity contribution in [3.63, 3.8) is 0 Å². The molecule has 3 aromatic carbocycles. The first-order chi connectivity index (χ1) is 25.3. The molecular weight excluding hydrogens is 767 g/mol. The van der Waals surface area contributed by atoms with Gasteiger partial charge in [0.05, 0.1) is 5.58 Å². The van der Waals surface area contributed by atoms with Crippen molar-refractivity contribution in [1.82, 2.24) is 15.0 Å². The maximum absolute atomic E-state index is 8.84. The summed E-state index contributed by atoms with van der Waals surface area (Å²) in [5, 5.41) is 1.32. The molecule has 0 aliphatic rings. The number of hydrogen-bond acceptors (Lipinski definition) is 4. The predicted octanol–water partition coefficient (Wildman–Crippen LogP) is 10.7. The van der Waals surface area contributed by atoms with Crippen LogP contribution in [0.1, 0.15) is 69.4 Å². The fraction of sp³-hybridized carbons (Fsp3) is 0.233. The van der Waals surface area contributed by atoms with E-state index < -0.39 is 19.6 Å². The summed E-state index contributed by atoms with van der Waals surface area (Å²) in [7, 11) is 0. The molecule has 0 saturated heterocycles. The maximum atomic E-state index is 8.84. The van der Waals surface area contributed by atoms with Crippen LogP contribution in [0.5, 0.6) is 0 Å². The van der Waals surface area contributed by atoms with Crippen molar-refractivity contribution >= 4 is 22.1 Å². The van der Waals surface area contributed by atoms with Gasteiger partial charge in [-0.05, 0) is 85.1 Å². The Hall–Kier alpha value is -4.44. The van der Waals surface area contributed by atoms with E-state index in [2.05, 4.69) is 86.8 Å². The second-order valence-corrected chi connectivity index (χ2v) is 12.7. The van der Waals surface area contributed by atoms with E-state index in [4.69, 9.17) is 14.0 Å². The van der Waals surface area contributed by atoms with Gasteiger partial charge < -0.3 is 14.4 Å². The van der Waals surface area contributed by atoms with Crippen LogP contribution in [0, 0.1) is 39.8 Å². The molecule has 4 heterocycles. The van der Waals surface area contributed by atoms with Crippen molar-refractivity contribution < 1.29 is 34.1 Å². The molecule has 4 aromatic heterocycles. The van der Waals surface area contributed by atoms with E-state index in [1.807, 2.05) is 24.4 Å². The van der Waals surface area contributed by atoms with Gasteiger partial charge in [-0.25, -0.2) is 4.98 Å². The second-order valence-electron chi connectivity index (χ2n) is 12.7. The van der Waals surface area contributed by atoms with Crippen LogP contribution in [-0.2, 0) is 38.3 Å². The Bertz CT molecular complexity index is 2450. The molecule has 0 aliphatic heterocycles. The molecule has 0 N–H and O–H groups in total. The van der Waals surface area contributed by atoms with Gasteiger partial charge in [0.15, 0.2) is 0 Å². The summed E-state index contributed by atoms with van der Waals surface area (Å²) >= 11 is 0. The topological polar surface area (TPSA) is 51.8 Å². The first-order valence-electron chi connectivity index (χ1n) is 19.0. The SMILES string of the molecule is Cc1c[c-]c(-c2cc(C)c(C)cn2)cc1.[2H]C([2H])([2H])c1ccc2c(n1)oc1c(-c3cc(C([2H])([2H])C([2H])([2H])c4ccc(C(C)(C)C)cc4)ccn3)[c-]ccc12.[Ir]. The molecule has 4 nitrogen and oxygen atoms in total. The van der Waals surface area contributed by atoms with Crippen molar-refractivity contribution in [3.8, 4) is 22.5 Å². The van der Waals surface area contributed by atoms with E-state index in [1.54, 1.807) is 30.3 Å². The van der Waals surface area contributed by atoms with Crippen LogP contribution in [0.15, 0.2) is 102 Å². The van der Waals surface area contributed by atoms with E-state index in [-0.39, 0.29) is 48.1 Å². The quantitative estimate of drug-likeness (QED) is 0.162. The molecule has 0 unspecified atom stereocenters. The van der Waals surface area contributed by atoms with Crippen LogP contribution in [0.3, 0.4) is 0 Å². The number of aryl methyl sites for hydroxylation is 6. The molecule has 5 heteroatoms. The van der Waals surface area contributed by atoms with Crippen LogP contribution in [0.2, 0.25) is 0 Å². The van der Waals surface area contributed by atoms with Crippen molar-refractivity contribution in [2.24, 2.45) is 0 Å². The van der Waals surface area contributed by atoms with Crippen molar-refractivity contribution in [2.45, 2.75) is 66.6 Å². The molecular formula is C43H41IrN3O-2. The molecule has 0 bridgehead atoms. The Labute approximate surface area is 307 Å². The molecule has 0 amide bonds. The molecule has 0 aliphatic carbocycles. The van der Waals surface area contributed by atoms with E-state index in [0.717, 1.165) is 16.8 Å². The van der Waals surface area contributed by atoms with Crippen LogP contribution in [0.25, 0.3) is 44.6 Å². The van der Waals surface area contributed by atoms with Gasteiger partial charge >= 0.3 is 0 Å². The number of fused-ring (bicyclic) bond motifs is 3. The summed E-state index contributed by atoms with van der Waals surface area (Å²) in [6.07, 6.45) is -1.39. The minimum absolute atomic E-state index is 0. The molecule has 7 rings (SSSR count). The summed E-state index contributed by atoms with van der Waals surface area (Å²) in [5.74, 6) is 0. The minimum Gasteiger partial charge on any atom is -0.486 e. The zero-order valence-electron chi connectivity index (χ0n) is 34.8. The second kappa shape index (κ2) is 14.8. The van der Waals surface area contributed by atoms with Crippen molar-refractivity contribution in [2.75, 3.05) is 0 Å². The van der Waals surface area contributed by atoms with Gasteiger partial charge in [-0.1, -0.05) is 86.2 Å². The maximum Gasteiger partial charge on any atom is 0.216 e. The summed E-state index contributed by atoms with van der Waals surface area (Å²) in [6.45, 7) is 10.1. The normalized spacial score (nSPS) is 14.2. The van der Waals surface area contributed by atoms with Gasteiger partial charge in [-0.15, -0.1) is 53.6 Å². The van der Waals surface area contributed by atoms with E-state index >= 15 is 0 Å². The fourth-order valence-electron chi connectivity index (χ4n) is 5.09. The zero-order valence-corrected chi connectivity index (χ0v) is 30.2. The number of pyridine rings is 3. The number of nitrogens with zero attached hydrogens (tertiary/aromatic N) is 3. The minimum atomic E-state index is -2.40. The van der Waals surface area contributed by atoms with Gasteiger partial charge in [0.25, 0.3) is 0 Å². The monoisotopic (exact) mass is 815 g/mol. The Morgan fingerprint density at radius 1 is 0.792 bits per heavy atom. The molecule has 7 aromatic rings. The van der Waals surface area contributed by atoms with E-state index in [1.165, 1.54) is 41.1 Å². The van der Waals surface area contributed by atoms with E-state index in [9.17, 15) is 0 Å². The van der Waals surface area contributed by atoms with Crippen molar-refractivity contribution in [3.05, 3.63) is 149 Å². The zero-order chi connectivity index (χ0) is 39.2. The van der Waals surface area contributed by atoms with Gasteiger partial charge in [0.2, 0.25) is 5.71 Å².